The zero-order chi connectivity index (χ0) is 18.0. The first kappa shape index (κ1) is 17.5. The van der Waals surface area contributed by atoms with E-state index in [2.05, 4.69) is 15.5 Å². The van der Waals surface area contributed by atoms with Crippen molar-refractivity contribution in [2.75, 3.05) is 0 Å². The van der Waals surface area contributed by atoms with E-state index in [4.69, 9.17) is 27.7 Å². The number of benzene rings is 2. The second-order valence-corrected chi connectivity index (χ2v) is 6.38. The third-order valence-electron chi connectivity index (χ3n) is 3.72. The van der Waals surface area contributed by atoms with Crippen molar-refractivity contribution in [1.82, 2.24) is 15.5 Å². The summed E-state index contributed by atoms with van der Waals surface area (Å²) in [6.07, 6.45) is 0. The van der Waals surface area contributed by atoms with E-state index in [1.807, 2.05) is 19.1 Å². The number of halogens is 2. The van der Waals surface area contributed by atoms with Gasteiger partial charge in [0.15, 0.2) is 5.82 Å². The molecule has 0 saturated carbocycles. The van der Waals surface area contributed by atoms with Gasteiger partial charge in [0.05, 0.1) is 27.2 Å². The highest BCUT2D eigenvalue weighted by Crippen LogP contribution is 2.26. The first-order valence-electron chi connectivity index (χ1n) is 7.61. The average molecular weight is 376 g/mol. The van der Waals surface area contributed by atoms with Crippen LogP contribution in [0.2, 0.25) is 10.0 Å². The molecule has 25 heavy (non-hydrogen) atoms. The third kappa shape index (κ3) is 3.83. The highest BCUT2D eigenvalue weighted by Gasteiger charge is 2.19. The number of aromatic nitrogens is 2. The van der Waals surface area contributed by atoms with Crippen molar-refractivity contribution in [3.63, 3.8) is 0 Å². The van der Waals surface area contributed by atoms with Crippen LogP contribution in [0.4, 0.5) is 0 Å². The van der Waals surface area contributed by atoms with E-state index < -0.39 is 0 Å². The summed E-state index contributed by atoms with van der Waals surface area (Å²) in [7, 11) is 0. The van der Waals surface area contributed by atoms with Crippen molar-refractivity contribution in [2.24, 2.45) is 0 Å². The van der Waals surface area contributed by atoms with E-state index >= 15 is 0 Å². The molecule has 1 atom stereocenters. The van der Waals surface area contributed by atoms with Crippen LogP contribution in [0.15, 0.2) is 47.0 Å². The topological polar surface area (TPSA) is 68.0 Å². The molecule has 1 N–H and O–H groups in total. The molecule has 0 spiro atoms. The maximum atomic E-state index is 12.7. The normalized spacial score (nSPS) is 12.0. The molecule has 0 aliphatic carbocycles. The molecule has 1 aromatic heterocycles. The van der Waals surface area contributed by atoms with Gasteiger partial charge in [-0.15, -0.1) is 0 Å². The standard InChI is InChI=1S/C18H15Cl2N3O2/c1-10(12-7-8-15(19)16(20)9-12)21-17(24)13-5-3-4-6-14(13)18-22-11(2)23-25-18/h3-10H,1-2H3,(H,21,24)/t10-/m0/s1. The minimum Gasteiger partial charge on any atom is -0.345 e. The molecule has 3 aromatic rings. The first-order chi connectivity index (χ1) is 12.0. The third-order valence-corrected chi connectivity index (χ3v) is 4.46. The number of carbonyl (C=O) groups excluding carboxylic acids is 1. The largest absolute Gasteiger partial charge is 0.345 e. The number of nitrogens with zero attached hydrogens (tertiary/aromatic N) is 2. The van der Waals surface area contributed by atoms with Crippen LogP contribution in [-0.2, 0) is 0 Å². The minimum absolute atomic E-state index is 0.245. The Morgan fingerprint density at radius 2 is 1.92 bits per heavy atom. The summed E-state index contributed by atoms with van der Waals surface area (Å²) in [4.78, 5) is 16.9. The van der Waals surface area contributed by atoms with Crippen LogP contribution >= 0.6 is 23.2 Å². The Bertz CT molecular complexity index is 924. The molecule has 0 aliphatic rings. The Balaban J connectivity index is 1.85. The van der Waals surface area contributed by atoms with Gasteiger partial charge in [0, 0.05) is 0 Å². The van der Waals surface area contributed by atoms with Gasteiger partial charge in [-0.25, -0.2) is 0 Å². The van der Waals surface area contributed by atoms with Gasteiger partial charge in [-0.3, -0.25) is 4.79 Å². The molecule has 0 saturated heterocycles. The first-order valence-corrected chi connectivity index (χ1v) is 8.37. The fourth-order valence-corrected chi connectivity index (χ4v) is 2.72. The molecule has 1 heterocycles. The Kier molecular flexibility index (Phi) is 5.06. The van der Waals surface area contributed by atoms with Gasteiger partial charge >= 0.3 is 0 Å². The number of nitrogens with one attached hydrogen (secondary N) is 1. The molecule has 3 rings (SSSR count). The average Bonchev–Trinajstić information content (AvgIpc) is 3.03. The molecule has 1 amide bonds. The molecule has 0 aliphatic heterocycles. The summed E-state index contributed by atoms with van der Waals surface area (Å²) in [5.41, 5.74) is 1.90. The number of amides is 1. The number of rotatable bonds is 4. The van der Waals surface area contributed by atoms with Crippen LogP contribution < -0.4 is 5.32 Å². The number of hydrogen-bond acceptors (Lipinski definition) is 4. The summed E-state index contributed by atoms with van der Waals surface area (Å²) >= 11 is 12.0. The quantitative estimate of drug-likeness (QED) is 0.707. The van der Waals surface area contributed by atoms with Gasteiger partial charge in [-0.2, -0.15) is 4.98 Å². The summed E-state index contributed by atoms with van der Waals surface area (Å²) in [5.74, 6) is 0.574. The number of carbonyl (C=O) groups is 1. The number of hydrogen-bond donors (Lipinski definition) is 1. The van der Waals surface area contributed by atoms with Crippen molar-refractivity contribution in [3.05, 3.63) is 69.5 Å². The van der Waals surface area contributed by atoms with E-state index in [9.17, 15) is 4.79 Å². The zero-order valence-electron chi connectivity index (χ0n) is 13.6. The molecular weight excluding hydrogens is 361 g/mol. The maximum Gasteiger partial charge on any atom is 0.258 e. The molecule has 0 fully saturated rings. The van der Waals surface area contributed by atoms with Crippen LogP contribution in [0.5, 0.6) is 0 Å². The summed E-state index contributed by atoms with van der Waals surface area (Å²) in [6, 6.07) is 12.1. The van der Waals surface area contributed by atoms with Crippen LogP contribution in [-0.4, -0.2) is 16.0 Å². The lowest BCUT2D eigenvalue weighted by atomic mass is 10.0. The van der Waals surface area contributed by atoms with E-state index in [1.165, 1.54) is 0 Å². The van der Waals surface area contributed by atoms with Gasteiger partial charge in [-0.05, 0) is 43.7 Å². The molecule has 7 heteroatoms. The van der Waals surface area contributed by atoms with Crippen LogP contribution in [0.25, 0.3) is 11.5 Å². The molecular formula is C18H15Cl2N3O2. The highest BCUT2D eigenvalue weighted by atomic mass is 35.5. The Labute approximate surface area is 155 Å². The van der Waals surface area contributed by atoms with Crippen molar-refractivity contribution < 1.29 is 9.32 Å². The van der Waals surface area contributed by atoms with Crippen molar-refractivity contribution in [2.45, 2.75) is 19.9 Å². The minimum atomic E-state index is -0.250. The zero-order valence-corrected chi connectivity index (χ0v) is 15.1. The Morgan fingerprint density at radius 3 is 2.60 bits per heavy atom. The molecule has 2 aromatic carbocycles. The second kappa shape index (κ2) is 7.25. The van der Waals surface area contributed by atoms with Crippen molar-refractivity contribution in [1.29, 1.82) is 0 Å². The van der Waals surface area contributed by atoms with E-state index in [1.54, 1.807) is 37.3 Å². The molecule has 128 valence electrons. The predicted octanol–water partition coefficient (Wildman–Crippen LogP) is 4.84. The second-order valence-electron chi connectivity index (χ2n) is 5.56. The van der Waals surface area contributed by atoms with Gasteiger partial charge in [0.25, 0.3) is 11.8 Å². The lowest BCUT2D eigenvalue weighted by Gasteiger charge is -2.16. The summed E-state index contributed by atoms with van der Waals surface area (Å²) in [6.45, 7) is 3.60. The van der Waals surface area contributed by atoms with E-state index in [0.29, 0.717) is 32.9 Å². The maximum absolute atomic E-state index is 12.7. The van der Waals surface area contributed by atoms with Gasteiger partial charge < -0.3 is 9.84 Å². The number of aryl methyl sites for hydroxylation is 1. The van der Waals surface area contributed by atoms with Gasteiger partial charge in [0.1, 0.15) is 0 Å². The monoisotopic (exact) mass is 375 g/mol. The van der Waals surface area contributed by atoms with Crippen molar-refractivity contribution in [3.8, 4) is 11.5 Å². The Hall–Kier alpha value is -2.37. The molecule has 0 unspecified atom stereocenters. The SMILES string of the molecule is Cc1noc(-c2ccccc2C(=O)N[C@@H](C)c2ccc(Cl)c(Cl)c2)n1. The fourth-order valence-electron chi connectivity index (χ4n) is 2.41. The molecule has 0 bridgehead atoms. The molecule has 5 nitrogen and oxygen atoms in total. The lowest BCUT2D eigenvalue weighted by molar-refractivity contribution is 0.0940. The van der Waals surface area contributed by atoms with E-state index in [-0.39, 0.29) is 11.9 Å². The fraction of sp³-hybridized carbons (Fsp3) is 0.167. The summed E-state index contributed by atoms with van der Waals surface area (Å²) < 4.78 is 5.19. The van der Waals surface area contributed by atoms with Crippen LogP contribution in [0, 0.1) is 6.92 Å². The van der Waals surface area contributed by atoms with Gasteiger partial charge in [-0.1, -0.05) is 46.6 Å². The smallest absolute Gasteiger partial charge is 0.258 e. The highest BCUT2D eigenvalue weighted by molar-refractivity contribution is 6.42. The predicted molar refractivity (Wildman–Crippen MR) is 96.8 cm³/mol. The lowest BCUT2D eigenvalue weighted by Crippen LogP contribution is -2.27. The van der Waals surface area contributed by atoms with Gasteiger partial charge in [0.2, 0.25) is 0 Å². The Morgan fingerprint density at radius 1 is 1.16 bits per heavy atom. The summed E-state index contributed by atoms with van der Waals surface area (Å²) in [5, 5.41) is 7.64. The van der Waals surface area contributed by atoms with Crippen LogP contribution in [0.3, 0.4) is 0 Å². The van der Waals surface area contributed by atoms with Crippen molar-refractivity contribution >= 4 is 29.1 Å². The van der Waals surface area contributed by atoms with Crippen LogP contribution in [0.1, 0.15) is 34.7 Å². The molecule has 0 radical (unpaired) electrons. The van der Waals surface area contributed by atoms with E-state index in [0.717, 1.165) is 5.56 Å².